The van der Waals surface area contributed by atoms with Crippen molar-refractivity contribution in [1.29, 1.82) is 0 Å². The van der Waals surface area contributed by atoms with Gasteiger partial charge >= 0.3 is 6.09 Å². The highest BCUT2D eigenvalue weighted by atomic mass is 16.6. The van der Waals surface area contributed by atoms with Crippen LogP contribution < -0.4 is 0 Å². The molecule has 84 valence electrons. The summed E-state index contributed by atoms with van der Waals surface area (Å²) in [7, 11) is 0. The van der Waals surface area contributed by atoms with Crippen LogP contribution in [0.5, 0.6) is 0 Å². The second-order valence-corrected chi connectivity index (χ2v) is 4.50. The van der Waals surface area contributed by atoms with E-state index in [1.165, 1.54) is 4.90 Å². The van der Waals surface area contributed by atoms with E-state index in [2.05, 4.69) is 10.0 Å². The topological polar surface area (TPSA) is 78.3 Å². The van der Waals surface area contributed by atoms with E-state index in [4.69, 9.17) is 10.3 Å². The fourth-order valence-corrected chi connectivity index (χ4v) is 1.46. The van der Waals surface area contributed by atoms with E-state index in [9.17, 15) is 4.79 Å². The van der Waals surface area contributed by atoms with Crippen LogP contribution in [0.2, 0.25) is 0 Å². The Labute approximate surface area is 88.8 Å². The second-order valence-electron chi connectivity index (χ2n) is 4.50. The Morgan fingerprint density at radius 3 is 2.80 bits per heavy atom. The van der Waals surface area contributed by atoms with E-state index in [-0.39, 0.29) is 6.17 Å². The summed E-state index contributed by atoms with van der Waals surface area (Å²) in [6, 6.07) is 0. The quantitative estimate of drug-likeness (QED) is 0.380. The maximum Gasteiger partial charge on any atom is 0.410 e. The van der Waals surface area contributed by atoms with Crippen LogP contribution in [0, 0.1) is 0 Å². The van der Waals surface area contributed by atoms with Gasteiger partial charge in [-0.15, -0.1) is 0 Å². The lowest BCUT2D eigenvalue weighted by molar-refractivity contribution is 0.0231. The molecule has 15 heavy (non-hydrogen) atoms. The second kappa shape index (κ2) is 4.40. The average molecular weight is 212 g/mol. The van der Waals surface area contributed by atoms with Gasteiger partial charge in [0.2, 0.25) is 0 Å². The number of carbonyl (C=O) groups excluding carboxylic acids is 1. The number of nitrogens with zero attached hydrogens (tertiary/aromatic N) is 4. The van der Waals surface area contributed by atoms with Crippen molar-refractivity contribution in [2.75, 3.05) is 6.54 Å². The summed E-state index contributed by atoms with van der Waals surface area (Å²) in [4.78, 5) is 15.9. The van der Waals surface area contributed by atoms with E-state index >= 15 is 0 Å². The van der Waals surface area contributed by atoms with E-state index in [0.717, 1.165) is 6.42 Å². The van der Waals surface area contributed by atoms with E-state index in [0.29, 0.717) is 13.0 Å². The van der Waals surface area contributed by atoms with Crippen LogP contribution in [0.1, 0.15) is 33.6 Å². The SMILES string of the molecule is CC(C)(C)OC(=O)N1CCC[C@H]1N=[N+]=[N-]. The molecule has 0 spiro atoms. The Morgan fingerprint density at radius 1 is 1.60 bits per heavy atom. The van der Waals surface area contributed by atoms with Crippen molar-refractivity contribution in [3.63, 3.8) is 0 Å². The van der Waals surface area contributed by atoms with Gasteiger partial charge < -0.3 is 4.74 Å². The Balaban J connectivity index is 2.62. The molecule has 1 saturated heterocycles. The van der Waals surface area contributed by atoms with Crippen molar-refractivity contribution in [2.45, 2.75) is 45.4 Å². The van der Waals surface area contributed by atoms with Crippen LogP contribution >= 0.6 is 0 Å². The Bertz CT molecular complexity index is 291. The molecule has 1 fully saturated rings. The van der Waals surface area contributed by atoms with Crippen molar-refractivity contribution in [3.05, 3.63) is 10.4 Å². The summed E-state index contributed by atoms with van der Waals surface area (Å²) < 4.78 is 5.20. The molecule has 6 heteroatoms. The van der Waals surface area contributed by atoms with Gasteiger partial charge in [-0.25, -0.2) is 4.79 Å². The molecule has 0 aliphatic carbocycles. The Kier molecular flexibility index (Phi) is 3.42. The smallest absolute Gasteiger partial charge is 0.410 e. The highest BCUT2D eigenvalue weighted by Gasteiger charge is 2.31. The fourth-order valence-electron chi connectivity index (χ4n) is 1.46. The molecule has 1 amide bonds. The van der Waals surface area contributed by atoms with E-state index < -0.39 is 11.7 Å². The minimum absolute atomic E-state index is 0.384. The standard InChI is InChI=1S/C9H16N4O2/c1-9(2,3)15-8(14)13-6-4-5-7(13)11-12-10/h7H,4-6H2,1-3H3/t7-/m0/s1. The first-order valence-corrected chi connectivity index (χ1v) is 4.98. The molecule has 0 radical (unpaired) electrons. The Morgan fingerprint density at radius 2 is 2.27 bits per heavy atom. The van der Waals surface area contributed by atoms with Crippen molar-refractivity contribution >= 4 is 6.09 Å². The zero-order chi connectivity index (χ0) is 11.5. The van der Waals surface area contributed by atoms with Crippen LogP contribution in [0.4, 0.5) is 4.79 Å². The van der Waals surface area contributed by atoms with E-state index in [1.807, 2.05) is 20.8 Å². The lowest BCUT2D eigenvalue weighted by Crippen LogP contribution is -2.38. The van der Waals surface area contributed by atoms with Crippen molar-refractivity contribution in [3.8, 4) is 0 Å². The molecule has 0 unspecified atom stereocenters. The molecule has 1 heterocycles. The molecule has 0 aromatic rings. The first-order valence-electron chi connectivity index (χ1n) is 4.98. The van der Waals surface area contributed by atoms with Crippen LogP contribution in [-0.2, 0) is 4.74 Å². The van der Waals surface area contributed by atoms with Gasteiger partial charge in [0.15, 0.2) is 0 Å². The van der Waals surface area contributed by atoms with Crippen LogP contribution in [0.3, 0.4) is 0 Å². The van der Waals surface area contributed by atoms with Crippen molar-refractivity contribution < 1.29 is 9.53 Å². The maximum absolute atomic E-state index is 11.7. The number of hydrogen-bond donors (Lipinski definition) is 0. The van der Waals surface area contributed by atoms with Gasteiger partial charge in [-0.1, -0.05) is 5.11 Å². The number of hydrogen-bond acceptors (Lipinski definition) is 3. The number of likely N-dealkylation sites (tertiary alicyclic amines) is 1. The molecule has 0 N–H and O–H groups in total. The van der Waals surface area contributed by atoms with Crippen molar-refractivity contribution in [2.24, 2.45) is 5.11 Å². The third kappa shape index (κ3) is 3.32. The van der Waals surface area contributed by atoms with Gasteiger partial charge in [0.25, 0.3) is 0 Å². The predicted octanol–water partition coefficient (Wildman–Crippen LogP) is 2.65. The normalized spacial score (nSPS) is 21.0. The summed E-state index contributed by atoms with van der Waals surface area (Å²) in [5.74, 6) is 0. The third-order valence-corrected chi connectivity index (χ3v) is 2.03. The van der Waals surface area contributed by atoms with Crippen LogP contribution in [0.25, 0.3) is 10.4 Å². The van der Waals surface area contributed by atoms with Gasteiger partial charge in [-0.05, 0) is 39.1 Å². The summed E-state index contributed by atoms with van der Waals surface area (Å²) in [6.07, 6.45) is 0.772. The maximum atomic E-state index is 11.7. The first-order chi connectivity index (χ1) is 6.94. The fraction of sp³-hybridized carbons (Fsp3) is 0.889. The third-order valence-electron chi connectivity index (χ3n) is 2.03. The number of amides is 1. The van der Waals surface area contributed by atoms with E-state index in [1.54, 1.807) is 0 Å². The molecule has 0 saturated carbocycles. The predicted molar refractivity (Wildman–Crippen MR) is 55.1 cm³/mol. The van der Waals surface area contributed by atoms with Gasteiger partial charge in [-0.3, -0.25) is 4.90 Å². The Hall–Kier alpha value is -1.42. The number of azide groups is 1. The zero-order valence-corrected chi connectivity index (χ0v) is 9.30. The highest BCUT2D eigenvalue weighted by molar-refractivity contribution is 5.68. The summed E-state index contributed by atoms with van der Waals surface area (Å²) >= 11 is 0. The summed E-state index contributed by atoms with van der Waals surface area (Å²) in [5, 5.41) is 3.56. The van der Waals surface area contributed by atoms with Crippen molar-refractivity contribution in [1.82, 2.24) is 4.90 Å². The van der Waals surface area contributed by atoms with Crippen LogP contribution in [0.15, 0.2) is 5.11 Å². The van der Waals surface area contributed by atoms with Gasteiger partial charge in [0, 0.05) is 11.5 Å². The number of carbonyl (C=O) groups is 1. The average Bonchev–Trinajstić information content (AvgIpc) is 2.49. The molecule has 0 aromatic heterocycles. The zero-order valence-electron chi connectivity index (χ0n) is 9.30. The van der Waals surface area contributed by atoms with Gasteiger partial charge in [0.1, 0.15) is 11.8 Å². The minimum Gasteiger partial charge on any atom is -0.444 e. The molecular formula is C9H16N4O2. The first kappa shape index (κ1) is 11.7. The molecule has 6 nitrogen and oxygen atoms in total. The molecule has 0 bridgehead atoms. The lowest BCUT2D eigenvalue weighted by Gasteiger charge is -2.26. The molecule has 0 aromatic carbocycles. The summed E-state index contributed by atoms with van der Waals surface area (Å²) in [6.45, 7) is 6.02. The lowest BCUT2D eigenvalue weighted by atomic mass is 10.2. The highest BCUT2D eigenvalue weighted by Crippen LogP contribution is 2.21. The molecule has 1 rings (SSSR count). The largest absolute Gasteiger partial charge is 0.444 e. The minimum atomic E-state index is -0.513. The summed E-state index contributed by atoms with van der Waals surface area (Å²) in [5.41, 5.74) is 7.83. The van der Waals surface area contributed by atoms with Gasteiger partial charge in [0.05, 0.1) is 0 Å². The van der Waals surface area contributed by atoms with Gasteiger partial charge in [-0.2, -0.15) is 0 Å². The monoisotopic (exact) mass is 212 g/mol. The number of ether oxygens (including phenoxy) is 1. The molecule has 1 aliphatic heterocycles. The molecule has 1 aliphatic rings. The van der Waals surface area contributed by atoms with Crippen LogP contribution in [-0.4, -0.2) is 29.3 Å². The molecule has 1 atom stereocenters. The number of rotatable bonds is 1. The molecular weight excluding hydrogens is 196 g/mol.